The smallest absolute Gasteiger partial charge is 0.280 e. The largest absolute Gasteiger partial charge is 0.396 e. The molecule has 2 aromatic heterocycles. The van der Waals surface area contributed by atoms with Crippen LogP contribution in [0.15, 0.2) is 11.1 Å². The van der Waals surface area contributed by atoms with Gasteiger partial charge in [0.05, 0.1) is 12.4 Å². The minimum absolute atomic E-state index is 0.0219. The predicted molar refractivity (Wildman–Crippen MR) is 66.3 cm³/mol. The molecule has 1 saturated carbocycles. The van der Waals surface area contributed by atoms with Crippen molar-refractivity contribution in [2.45, 2.75) is 25.1 Å². The Morgan fingerprint density at radius 2 is 2.37 bits per heavy atom. The molecule has 1 fully saturated rings. The summed E-state index contributed by atoms with van der Waals surface area (Å²) >= 11 is 0. The van der Waals surface area contributed by atoms with Crippen molar-refractivity contribution in [3.05, 3.63) is 16.7 Å². The lowest BCUT2D eigenvalue weighted by Crippen LogP contribution is -2.22. The fourth-order valence-corrected chi connectivity index (χ4v) is 2.69. The van der Waals surface area contributed by atoms with Gasteiger partial charge in [-0.05, 0) is 12.8 Å². The van der Waals surface area contributed by atoms with Crippen molar-refractivity contribution < 1.29 is 9.50 Å². The molecule has 0 unspecified atom stereocenters. The van der Waals surface area contributed by atoms with Crippen LogP contribution in [0, 0.1) is 5.92 Å². The van der Waals surface area contributed by atoms with Crippen molar-refractivity contribution >= 4 is 17.1 Å². The molecule has 0 radical (unpaired) electrons. The third kappa shape index (κ3) is 1.79. The van der Waals surface area contributed by atoms with Crippen LogP contribution in [-0.4, -0.2) is 37.4 Å². The molecule has 8 heteroatoms. The van der Waals surface area contributed by atoms with E-state index in [0.29, 0.717) is 12.8 Å². The first-order chi connectivity index (χ1) is 9.11. The second kappa shape index (κ2) is 4.30. The summed E-state index contributed by atoms with van der Waals surface area (Å²) in [4.78, 5) is 22.0. The number of H-pyrrole nitrogens is 1. The predicted octanol–water partition coefficient (Wildman–Crippen LogP) is -0.0167. The second-order valence-electron chi connectivity index (χ2n) is 4.81. The van der Waals surface area contributed by atoms with Crippen LogP contribution in [0.4, 0.5) is 10.3 Å². The molecule has 0 amide bonds. The lowest BCUT2D eigenvalue weighted by molar-refractivity contribution is 0.141. The number of fused-ring (bicyclic) bond motifs is 1. The standard InChI is InChI=1S/C11H14FN5O2/c12-7-5(3-18)1-2-6(7)17-4-14-8-9(17)15-11(13)16-10(8)19/h4-7,18H,1-3H2,(H3,13,15,16,19)/t5-,6-,7+/m0/s1. The molecule has 19 heavy (non-hydrogen) atoms. The van der Waals surface area contributed by atoms with E-state index < -0.39 is 17.8 Å². The summed E-state index contributed by atoms with van der Waals surface area (Å²) in [7, 11) is 0. The van der Waals surface area contributed by atoms with Crippen LogP contribution in [-0.2, 0) is 0 Å². The third-order valence-corrected chi connectivity index (χ3v) is 3.69. The van der Waals surface area contributed by atoms with Gasteiger partial charge in [0.15, 0.2) is 11.2 Å². The summed E-state index contributed by atoms with van der Waals surface area (Å²) in [5.41, 5.74) is 5.49. The first-order valence-electron chi connectivity index (χ1n) is 6.09. The van der Waals surface area contributed by atoms with E-state index in [2.05, 4.69) is 15.0 Å². The van der Waals surface area contributed by atoms with Gasteiger partial charge in [0, 0.05) is 12.5 Å². The van der Waals surface area contributed by atoms with E-state index in [0.717, 1.165) is 0 Å². The number of rotatable bonds is 2. The van der Waals surface area contributed by atoms with Crippen molar-refractivity contribution in [1.82, 2.24) is 19.5 Å². The molecule has 7 nitrogen and oxygen atoms in total. The fraction of sp³-hybridized carbons (Fsp3) is 0.545. The highest BCUT2D eigenvalue weighted by atomic mass is 19.1. The average Bonchev–Trinajstić information content (AvgIpc) is 2.92. The molecule has 1 aliphatic rings. The molecule has 0 saturated heterocycles. The summed E-state index contributed by atoms with van der Waals surface area (Å²) < 4.78 is 15.7. The Hall–Kier alpha value is -1.96. The minimum atomic E-state index is -1.18. The van der Waals surface area contributed by atoms with Crippen LogP contribution < -0.4 is 11.3 Å². The lowest BCUT2D eigenvalue weighted by atomic mass is 10.1. The Morgan fingerprint density at radius 3 is 3.05 bits per heavy atom. The Kier molecular flexibility index (Phi) is 2.74. The number of alkyl halides is 1. The number of nitrogens with two attached hydrogens (primary N) is 1. The monoisotopic (exact) mass is 267 g/mol. The maximum absolute atomic E-state index is 14.2. The number of nitrogens with zero attached hydrogens (tertiary/aromatic N) is 3. The molecule has 0 aromatic carbocycles. The average molecular weight is 267 g/mol. The molecule has 0 bridgehead atoms. The molecule has 3 atom stereocenters. The van der Waals surface area contributed by atoms with Crippen LogP contribution >= 0.6 is 0 Å². The van der Waals surface area contributed by atoms with Gasteiger partial charge in [0.25, 0.3) is 5.56 Å². The zero-order valence-electron chi connectivity index (χ0n) is 10.1. The number of anilines is 1. The van der Waals surface area contributed by atoms with Crippen LogP contribution in [0.3, 0.4) is 0 Å². The molecule has 102 valence electrons. The summed E-state index contributed by atoms with van der Waals surface area (Å²) in [6.45, 7) is -0.180. The van der Waals surface area contributed by atoms with Gasteiger partial charge in [-0.25, -0.2) is 9.37 Å². The highest BCUT2D eigenvalue weighted by Crippen LogP contribution is 2.38. The number of hydrogen-bond acceptors (Lipinski definition) is 5. The van der Waals surface area contributed by atoms with Gasteiger partial charge in [-0.3, -0.25) is 9.78 Å². The summed E-state index contributed by atoms with van der Waals surface area (Å²) in [6, 6.07) is -0.462. The zero-order chi connectivity index (χ0) is 13.6. The van der Waals surface area contributed by atoms with Crippen LogP contribution in [0.5, 0.6) is 0 Å². The van der Waals surface area contributed by atoms with Crippen molar-refractivity contribution in [3.8, 4) is 0 Å². The molecule has 3 rings (SSSR count). The van der Waals surface area contributed by atoms with Gasteiger partial charge < -0.3 is 15.4 Å². The third-order valence-electron chi connectivity index (χ3n) is 3.69. The van der Waals surface area contributed by atoms with Gasteiger partial charge in [0.2, 0.25) is 5.95 Å². The van der Waals surface area contributed by atoms with Crippen molar-refractivity contribution in [3.63, 3.8) is 0 Å². The van der Waals surface area contributed by atoms with Gasteiger partial charge in [-0.1, -0.05) is 0 Å². The van der Waals surface area contributed by atoms with E-state index in [1.54, 1.807) is 4.57 Å². The van der Waals surface area contributed by atoms with Crippen LogP contribution in [0.1, 0.15) is 18.9 Å². The number of nitrogens with one attached hydrogen (secondary N) is 1. The van der Waals surface area contributed by atoms with Gasteiger partial charge in [-0.2, -0.15) is 4.98 Å². The number of aromatic nitrogens is 4. The number of aliphatic hydroxyl groups is 1. The van der Waals surface area contributed by atoms with E-state index in [1.165, 1.54) is 6.33 Å². The summed E-state index contributed by atoms with van der Waals surface area (Å²) in [6.07, 6.45) is 1.40. The van der Waals surface area contributed by atoms with Crippen LogP contribution in [0.2, 0.25) is 0 Å². The number of imidazole rings is 1. The number of nitrogen functional groups attached to an aromatic ring is 1. The number of aromatic amines is 1. The number of halogens is 1. The number of hydrogen-bond donors (Lipinski definition) is 3. The maximum Gasteiger partial charge on any atom is 0.280 e. The molecule has 1 aliphatic carbocycles. The normalized spacial score (nSPS) is 27.2. The Bertz CT molecular complexity index is 667. The molecule has 0 spiro atoms. The molecule has 2 heterocycles. The molecule has 4 N–H and O–H groups in total. The Labute approximate surface area is 107 Å². The maximum atomic E-state index is 14.2. The highest BCUT2D eigenvalue weighted by Gasteiger charge is 2.38. The van der Waals surface area contributed by atoms with E-state index in [-0.39, 0.29) is 29.6 Å². The first kappa shape index (κ1) is 12.1. The van der Waals surface area contributed by atoms with Gasteiger partial charge in [-0.15, -0.1) is 0 Å². The molecule has 0 aliphatic heterocycles. The van der Waals surface area contributed by atoms with Gasteiger partial charge >= 0.3 is 0 Å². The topological polar surface area (TPSA) is 110 Å². The second-order valence-corrected chi connectivity index (χ2v) is 4.81. The molecular weight excluding hydrogens is 253 g/mol. The minimum Gasteiger partial charge on any atom is -0.396 e. The van der Waals surface area contributed by atoms with Crippen LogP contribution in [0.25, 0.3) is 11.2 Å². The molecule has 2 aromatic rings. The van der Waals surface area contributed by atoms with E-state index in [1.807, 2.05) is 0 Å². The van der Waals surface area contributed by atoms with Crippen molar-refractivity contribution in [1.29, 1.82) is 0 Å². The fourth-order valence-electron chi connectivity index (χ4n) is 2.69. The van der Waals surface area contributed by atoms with E-state index in [9.17, 15) is 9.18 Å². The van der Waals surface area contributed by atoms with E-state index in [4.69, 9.17) is 10.8 Å². The summed E-state index contributed by atoms with van der Waals surface area (Å²) in [5.74, 6) is -0.395. The molecular formula is C11H14FN5O2. The number of aliphatic hydroxyl groups excluding tert-OH is 1. The van der Waals surface area contributed by atoms with Gasteiger partial charge in [0.1, 0.15) is 6.17 Å². The Morgan fingerprint density at radius 1 is 1.58 bits per heavy atom. The lowest BCUT2D eigenvalue weighted by Gasteiger charge is -2.17. The SMILES string of the molecule is Nc1nc2c(ncn2[C@H]2CC[C@@H](CO)[C@H]2F)c(=O)[nH]1. The van der Waals surface area contributed by atoms with Crippen molar-refractivity contribution in [2.24, 2.45) is 5.92 Å². The first-order valence-corrected chi connectivity index (χ1v) is 6.09. The highest BCUT2D eigenvalue weighted by molar-refractivity contribution is 5.70. The zero-order valence-corrected chi connectivity index (χ0v) is 10.1. The Balaban J connectivity index is 2.09. The van der Waals surface area contributed by atoms with Crippen molar-refractivity contribution in [2.75, 3.05) is 12.3 Å². The van der Waals surface area contributed by atoms with E-state index >= 15 is 0 Å². The quantitative estimate of drug-likeness (QED) is 0.708. The summed E-state index contributed by atoms with van der Waals surface area (Å²) in [5, 5.41) is 9.10.